The van der Waals surface area contributed by atoms with Crippen LogP contribution in [0.2, 0.25) is 0 Å². The van der Waals surface area contributed by atoms with Gasteiger partial charge in [-0.25, -0.2) is 4.98 Å². The van der Waals surface area contributed by atoms with E-state index >= 15 is 0 Å². The molecule has 0 saturated heterocycles. The molecule has 0 unspecified atom stereocenters. The molecule has 0 aliphatic carbocycles. The fourth-order valence-electron chi connectivity index (χ4n) is 1.61. The van der Waals surface area contributed by atoms with Crippen LogP contribution in [0.3, 0.4) is 0 Å². The zero-order chi connectivity index (χ0) is 13.7. The lowest BCUT2D eigenvalue weighted by Crippen LogP contribution is -2.15. The molecule has 1 aromatic heterocycles. The Hall–Kier alpha value is -1.95. The largest absolute Gasteiger partial charge is 0.384 e. The molecule has 1 heterocycles. The number of nitrogens with zero attached hydrogens (tertiary/aromatic N) is 2. The number of carbonyl (C=O) groups excluding carboxylic acids is 1. The summed E-state index contributed by atoms with van der Waals surface area (Å²) in [4.78, 5) is 16.3. The van der Waals surface area contributed by atoms with E-state index in [9.17, 15) is 4.79 Å². The number of amides is 1. The van der Waals surface area contributed by atoms with E-state index in [-0.39, 0.29) is 5.91 Å². The van der Waals surface area contributed by atoms with E-state index in [0.717, 1.165) is 18.7 Å². The first kappa shape index (κ1) is 13.5. The molecule has 1 aromatic carbocycles. The van der Waals surface area contributed by atoms with Gasteiger partial charge in [0.2, 0.25) is 5.13 Å². The van der Waals surface area contributed by atoms with Crippen LogP contribution in [0.4, 0.5) is 10.8 Å². The van der Waals surface area contributed by atoms with Crippen molar-refractivity contribution in [2.24, 2.45) is 0 Å². The van der Waals surface area contributed by atoms with Crippen molar-refractivity contribution in [3.05, 3.63) is 35.7 Å². The van der Waals surface area contributed by atoms with Gasteiger partial charge in [0, 0.05) is 23.8 Å². The average molecular weight is 276 g/mol. The van der Waals surface area contributed by atoms with Crippen molar-refractivity contribution in [1.29, 1.82) is 0 Å². The second-order valence-electron chi connectivity index (χ2n) is 4.07. The van der Waals surface area contributed by atoms with E-state index in [1.807, 2.05) is 18.2 Å². The molecule has 0 aliphatic heterocycles. The third-order valence-corrected chi connectivity index (χ3v) is 3.21. The van der Waals surface area contributed by atoms with Crippen LogP contribution in [0.25, 0.3) is 0 Å². The number of hydrogen-bond donors (Lipinski definition) is 2. The fourth-order valence-corrected chi connectivity index (χ4v) is 2.18. The Kier molecular flexibility index (Phi) is 4.46. The lowest BCUT2D eigenvalue weighted by molar-refractivity contribution is 0.102. The third kappa shape index (κ3) is 3.51. The Morgan fingerprint density at radius 3 is 2.84 bits per heavy atom. The van der Waals surface area contributed by atoms with Crippen molar-refractivity contribution >= 4 is 28.3 Å². The first-order chi connectivity index (χ1) is 9.20. The minimum atomic E-state index is -0.171. The van der Waals surface area contributed by atoms with Crippen LogP contribution < -0.4 is 10.6 Å². The van der Waals surface area contributed by atoms with E-state index in [1.165, 1.54) is 11.5 Å². The smallest absolute Gasteiger partial charge is 0.259 e. The highest BCUT2D eigenvalue weighted by Gasteiger charge is 2.12. The molecule has 2 N–H and O–H groups in total. The van der Waals surface area contributed by atoms with Crippen molar-refractivity contribution in [1.82, 2.24) is 9.36 Å². The summed E-state index contributed by atoms with van der Waals surface area (Å²) in [6.45, 7) is 4.71. The first-order valence-electron chi connectivity index (χ1n) is 6.15. The van der Waals surface area contributed by atoms with Gasteiger partial charge < -0.3 is 5.32 Å². The minimum absolute atomic E-state index is 0.171. The summed E-state index contributed by atoms with van der Waals surface area (Å²) in [5, 5.41) is 6.52. The molecule has 0 aliphatic rings. The van der Waals surface area contributed by atoms with Crippen molar-refractivity contribution in [2.45, 2.75) is 20.3 Å². The minimum Gasteiger partial charge on any atom is -0.384 e. The summed E-state index contributed by atoms with van der Waals surface area (Å²) in [5.74, 6) is 0.494. The average Bonchev–Trinajstić information content (AvgIpc) is 2.82. The molecule has 0 atom stereocenters. The Bertz CT molecular complexity index is 567. The number of benzene rings is 1. The van der Waals surface area contributed by atoms with Gasteiger partial charge in [-0.2, -0.15) is 4.37 Å². The number of rotatable bonds is 5. The maximum Gasteiger partial charge on any atom is 0.259 e. The van der Waals surface area contributed by atoms with Crippen molar-refractivity contribution in [3.63, 3.8) is 0 Å². The van der Waals surface area contributed by atoms with Crippen LogP contribution in [0.1, 0.15) is 29.5 Å². The summed E-state index contributed by atoms with van der Waals surface area (Å²) in [6.07, 6.45) is 1.01. The van der Waals surface area contributed by atoms with E-state index in [0.29, 0.717) is 16.5 Å². The molecule has 0 fully saturated rings. The quantitative estimate of drug-likeness (QED) is 0.881. The highest BCUT2D eigenvalue weighted by molar-refractivity contribution is 7.09. The highest BCUT2D eigenvalue weighted by atomic mass is 32.1. The fraction of sp³-hybridized carbons (Fsp3) is 0.308. The van der Waals surface area contributed by atoms with Crippen LogP contribution in [0.15, 0.2) is 24.3 Å². The molecule has 2 aromatic rings. The number of para-hydroxylation sites is 1. The maximum atomic E-state index is 12.2. The molecule has 0 radical (unpaired) electrons. The second kappa shape index (κ2) is 6.29. The highest BCUT2D eigenvalue weighted by Crippen LogP contribution is 2.18. The van der Waals surface area contributed by atoms with Gasteiger partial charge >= 0.3 is 0 Å². The number of aryl methyl sites for hydroxylation is 1. The van der Waals surface area contributed by atoms with Gasteiger partial charge in [0.15, 0.2) is 0 Å². The molecular formula is C13H16N4OS. The Labute approximate surface area is 116 Å². The van der Waals surface area contributed by atoms with Crippen LogP contribution >= 0.6 is 11.5 Å². The molecule has 0 bridgehead atoms. The predicted molar refractivity (Wildman–Crippen MR) is 77.8 cm³/mol. The van der Waals surface area contributed by atoms with Gasteiger partial charge in [0.25, 0.3) is 5.91 Å². The van der Waals surface area contributed by atoms with Crippen molar-refractivity contribution in [2.75, 3.05) is 17.2 Å². The number of anilines is 2. The molecule has 2 rings (SSSR count). The maximum absolute atomic E-state index is 12.2. The van der Waals surface area contributed by atoms with E-state index < -0.39 is 0 Å². The van der Waals surface area contributed by atoms with Crippen molar-refractivity contribution in [3.8, 4) is 0 Å². The number of hydrogen-bond acceptors (Lipinski definition) is 5. The number of aromatic nitrogens is 2. The lowest BCUT2D eigenvalue weighted by atomic mass is 10.1. The Balaban J connectivity index is 2.14. The van der Waals surface area contributed by atoms with E-state index in [2.05, 4.69) is 26.9 Å². The van der Waals surface area contributed by atoms with Gasteiger partial charge in [-0.1, -0.05) is 19.1 Å². The van der Waals surface area contributed by atoms with Gasteiger partial charge in [-0.15, -0.1) is 0 Å². The summed E-state index contributed by atoms with van der Waals surface area (Å²) in [5.41, 5.74) is 1.45. The Morgan fingerprint density at radius 2 is 2.16 bits per heavy atom. The van der Waals surface area contributed by atoms with E-state index in [4.69, 9.17) is 0 Å². The predicted octanol–water partition coefficient (Wildman–Crippen LogP) is 2.92. The zero-order valence-corrected chi connectivity index (χ0v) is 11.8. The molecule has 1 amide bonds. The molecule has 19 heavy (non-hydrogen) atoms. The summed E-state index contributed by atoms with van der Waals surface area (Å²) >= 11 is 1.18. The third-order valence-electron chi connectivity index (χ3n) is 2.49. The van der Waals surface area contributed by atoms with E-state index in [1.54, 1.807) is 13.0 Å². The summed E-state index contributed by atoms with van der Waals surface area (Å²) < 4.78 is 4.04. The normalized spacial score (nSPS) is 10.2. The molecular weight excluding hydrogens is 260 g/mol. The first-order valence-corrected chi connectivity index (χ1v) is 6.92. The topological polar surface area (TPSA) is 66.9 Å². The number of nitrogens with one attached hydrogen (secondary N) is 2. The summed E-state index contributed by atoms with van der Waals surface area (Å²) in [6, 6.07) is 7.44. The number of carbonyl (C=O) groups is 1. The van der Waals surface area contributed by atoms with Crippen molar-refractivity contribution < 1.29 is 4.79 Å². The van der Waals surface area contributed by atoms with Crippen LogP contribution in [-0.4, -0.2) is 21.8 Å². The monoisotopic (exact) mass is 276 g/mol. The lowest BCUT2D eigenvalue weighted by Gasteiger charge is -2.10. The SMILES string of the molecule is CCCNc1ccccc1C(=O)Nc1nc(C)ns1. The molecule has 0 spiro atoms. The summed E-state index contributed by atoms with van der Waals surface area (Å²) in [7, 11) is 0. The van der Waals surface area contributed by atoms with Crippen LogP contribution in [0, 0.1) is 6.92 Å². The van der Waals surface area contributed by atoms with Crippen LogP contribution in [-0.2, 0) is 0 Å². The zero-order valence-electron chi connectivity index (χ0n) is 10.9. The molecule has 5 nitrogen and oxygen atoms in total. The Morgan fingerprint density at radius 1 is 1.37 bits per heavy atom. The molecule has 6 heteroatoms. The second-order valence-corrected chi connectivity index (χ2v) is 4.83. The molecule has 100 valence electrons. The standard InChI is InChI=1S/C13H16N4OS/c1-3-8-14-11-7-5-4-6-10(11)12(18)16-13-15-9(2)17-19-13/h4-7,14H,3,8H2,1-2H3,(H,15,16,17,18). The molecule has 0 saturated carbocycles. The van der Waals surface area contributed by atoms with Crippen LogP contribution in [0.5, 0.6) is 0 Å². The van der Waals surface area contributed by atoms with Gasteiger partial charge in [0.05, 0.1) is 5.56 Å². The van der Waals surface area contributed by atoms with Gasteiger partial charge in [-0.3, -0.25) is 10.1 Å². The van der Waals surface area contributed by atoms with Gasteiger partial charge in [-0.05, 0) is 25.5 Å². The van der Waals surface area contributed by atoms with Gasteiger partial charge in [0.1, 0.15) is 5.82 Å².